The fourth-order valence-electron chi connectivity index (χ4n) is 3.51. The molecule has 1 saturated heterocycles. The van der Waals surface area contributed by atoms with Crippen LogP contribution in [0, 0.1) is 6.92 Å². The average Bonchev–Trinajstić information content (AvgIpc) is 2.81. The molecule has 0 radical (unpaired) electrons. The second kappa shape index (κ2) is 7.91. The van der Waals surface area contributed by atoms with E-state index in [2.05, 4.69) is 20.2 Å². The first kappa shape index (κ1) is 18.5. The van der Waals surface area contributed by atoms with Gasteiger partial charge >= 0.3 is 0 Å². The number of aromatic nitrogens is 2. The van der Waals surface area contributed by atoms with Gasteiger partial charge in [-0.2, -0.15) is 4.98 Å². The Labute approximate surface area is 158 Å². The van der Waals surface area contributed by atoms with Gasteiger partial charge in [0.1, 0.15) is 5.82 Å². The number of nitrogens with two attached hydrogens (primary N) is 1. The van der Waals surface area contributed by atoms with Gasteiger partial charge in [0.25, 0.3) is 0 Å². The highest BCUT2D eigenvalue weighted by atomic mass is 35.5. The predicted octanol–water partition coefficient (Wildman–Crippen LogP) is 4.10. The lowest BCUT2D eigenvalue weighted by molar-refractivity contribution is -0.114. The summed E-state index contributed by atoms with van der Waals surface area (Å²) in [6.45, 7) is 4.29. The number of anilines is 3. The highest BCUT2D eigenvalue weighted by Crippen LogP contribution is 2.38. The van der Waals surface area contributed by atoms with Crippen molar-refractivity contribution in [1.29, 1.82) is 0 Å². The zero-order valence-electron chi connectivity index (χ0n) is 15.1. The Hall–Kier alpha value is -2.34. The van der Waals surface area contributed by atoms with Crippen LogP contribution in [0.15, 0.2) is 24.3 Å². The molecule has 26 heavy (non-hydrogen) atoms. The molecule has 2 aromatic rings. The van der Waals surface area contributed by atoms with Crippen LogP contribution in [-0.4, -0.2) is 22.4 Å². The lowest BCUT2D eigenvalue weighted by atomic mass is 10.00. The van der Waals surface area contributed by atoms with Crippen LogP contribution in [0.25, 0.3) is 0 Å². The molecule has 1 aliphatic rings. The van der Waals surface area contributed by atoms with E-state index in [0.29, 0.717) is 5.02 Å². The van der Waals surface area contributed by atoms with Crippen molar-refractivity contribution in [1.82, 2.24) is 9.97 Å². The Morgan fingerprint density at radius 2 is 2.08 bits per heavy atom. The molecule has 6 nitrogen and oxygen atoms in total. The van der Waals surface area contributed by atoms with E-state index >= 15 is 0 Å². The van der Waals surface area contributed by atoms with Crippen molar-refractivity contribution in [2.24, 2.45) is 0 Å². The fraction of sp³-hybridized carbons (Fsp3) is 0.421. The molecule has 0 unspecified atom stereocenters. The van der Waals surface area contributed by atoms with Crippen LogP contribution in [0.1, 0.15) is 49.9 Å². The Kier molecular flexibility index (Phi) is 5.61. The summed E-state index contributed by atoms with van der Waals surface area (Å²) >= 11 is 6.54. The number of nitrogens with one attached hydrogen (secondary N) is 1. The third-order valence-electron chi connectivity index (χ3n) is 4.58. The zero-order chi connectivity index (χ0) is 18.7. The third-order valence-corrected chi connectivity index (χ3v) is 4.92. The lowest BCUT2D eigenvalue weighted by Crippen LogP contribution is -2.30. The predicted molar refractivity (Wildman–Crippen MR) is 105 cm³/mol. The van der Waals surface area contributed by atoms with E-state index in [1.165, 1.54) is 6.92 Å². The van der Waals surface area contributed by atoms with Gasteiger partial charge in [0.2, 0.25) is 11.9 Å². The minimum absolute atomic E-state index is 0.0763. The highest BCUT2D eigenvalue weighted by molar-refractivity contribution is 6.31. The van der Waals surface area contributed by atoms with Gasteiger partial charge in [0, 0.05) is 35.9 Å². The Morgan fingerprint density at radius 3 is 2.81 bits per heavy atom. The molecule has 3 N–H and O–H groups in total. The summed E-state index contributed by atoms with van der Waals surface area (Å²) in [6.07, 6.45) is 4.33. The maximum Gasteiger partial charge on any atom is 0.222 e. The molecule has 1 aliphatic heterocycles. The van der Waals surface area contributed by atoms with Gasteiger partial charge in [-0.3, -0.25) is 4.79 Å². The van der Waals surface area contributed by atoms with Crippen molar-refractivity contribution < 1.29 is 4.79 Å². The smallest absolute Gasteiger partial charge is 0.222 e. The molecule has 0 aliphatic carbocycles. The molecule has 0 bridgehead atoms. The topological polar surface area (TPSA) is 84.1 Å². The van der Waals surface area contributed by atoms with Gasteiger partial charge in [0.05, 0.1) is 6.04 Å². The van der Waals surface area contributed by atoms with Crippen molar-refractivity contribution in [3.8, 4) is 0 Å². The number of nitrogens with zero attached hydrogens (tertiary/aromatic N) is 3. The highest BCUT2D eigenvalue weighted by Gasteiger charge is 2.26. The number of halogens is 1. The van der Waals surface area contributed by atoms with Crippen LogP contribution in [-0.2, 0) is 4.79 Å². The molecule has 138 valence electrons. The molecule has 1 amide bonds. The van der Waals surface area contributed by atoms with Crippen LogP contribution in [0.3, 0.4) is 0 Å². The Bertz CT molecular complexity index is 790. The first-order valence-electron chi connectivity index (χ1n) is 8.89. The summed E-state index contributed by atoms with van der Waals surface area (Å²) in [5.74, 6) is 0.999. The summed E-state index contributed by atoms with van der Waals surface area (Å²) in [5.41, 5.74) is 8.46. The fourth-order valence-corrected chi connectivity index (χ4v) is 3.75. The largest absolute Gasteiger partial charge is 0.368 e. The van der Waals surface area contributed by atoms with Crippen LogP contribution in [0.2, 0.25) is 5.02 Å². The van der Waals surface area contributed by atoms with Gasteiger partial charge < -0.3 is 16.0 Å². The molecule has 1 atom stereocenters. The lowest BCUT2D eigenvalue weighted by Gasteiger charge is -2.32. The van der Waals surface area contributed by atoms with Crippen molar-refractivity contribution in [2.75, 3.05) is 22.5 Å². The molecule has 0 spiro atoms. The minimum atomic E-state index is -0.102. The SMILES string of the molecule is CC(=O)Nc1ccc(Cl)c([C@H]2CCCCCN2c2cc(C)nc(N)n2)c1. The summed E-state index contributed by atoms with van der Waals surface area (Å²) < 4.78 is 0. The van der Waals surface area contributed by atoms with Crippen LogP contribution < -0.4 is 16.0 Å². The molecule has 1 fully saturated rings. The van der Waals surface area contributed by atoms with Gasteiger partial charge in [-0.05, 0) is 43.5 Å². The quantitative estimate of drug-likeness (QED) is 0.846. The summed E-state index contributed by atoms with van der Waals surface area (Å²) in [6, 6.07) is 7.66. The molecule has 7 heteroatoms. The van der Waals surface area contributed by atoms with E-state index in [-0.39, 0.29) is 17.9 Å². The number of rotatable bonds is 3. The van der Waals surface area contributed by atoms with Crippen molar-refractivity contribution >= 4 is 35.0 Å². The number of amides is 1. The van der Waals surface area contributed by atoms with Gasteiger partial charge in [0.15, 0.2) is 0 Å². The van der Waals surface area contributed by atoms with E-state index in [1.807, 2.05) is 31.2 Å². The average molecular weight is 374 g/mol. The van der Waals surface area contributed by atoms with Crippen LogP contribution >= 0.6 is 11.6 Å². The summed E-state index contributed by atoms with van der Waals surface area (Å²) in [7, 11) is 0. The monoisotopic (exact) mass is 373 g/mol. The van der Waals surface area contributed by atoms with Gasteiger partial charge in [-0.25, -0.2) is 4.98 Å². The first-order chi connectivity index (χ1) is 12.4. The molecular formula is C19H24ClN5O. The second-order valence-electron chi connectivity index (χ2n) is 6.70. The maximum absolute atomic E-state index is 11.4. The Morgan fingerprint density at radius 1 is 1.27 bits per heavy atom. The molecule has 2 heterocycles. The second-order valence-corrected chi connectivity index (χ2v) is 7.11. The van der Waals surface area contributed by atoms with Crippen molar-refractivity contribution in [3.05, 3.63) is 40.5 Å². The molecular weight excluding hydrogens is 350 g/mol. The van der Waals surface area contributed by atoms with Gasteiger partial charge in [-0.1, -0.05) is 24.4 Å². The zero-order valence-corrected chi connectivity index (χ0v) is 15.9. The number of hydrogen-bond donors (Lipinski definition) is 2. The number of carbonyl (C=O) groups is 1. The maximum atomic E-state index is 11.4. The number of aryl methyl sites for hydroxylation is 1. The van der Waals surface area contributed by atoms with Crippen molar-refractivity contribution in [3.63, 3.8) is 0 Å². The summed E-state index contributed by atoms with van der Waals surface area (Å²) in [5, 5.41) is 3.53. The minimum Gasteiger partial charge on any atom is -0.368 e. The third kappa shape index (κ3) is 4.25. The first-order valence-corrected chi connectivity index (χ1v) is 9.26. The number of nitrogen functional groups attached to an aromatic ring is 1. The van der Waals surface area contributed by atoms with E-state index in [9.17, 15) is 4.79 Å². The number of benzene rings is 1. The number of hydrogen-bond acceptors (Lipinski definition) is 5. The van der Waals surface area contributed by atoms with E-state index < -0.39 is 0 Å². The molecule has 1 aromatic carbocycles. The van der Waals surface area contributed by atoms with E-state index in [0.717, 1.165) is 55.0 Å². The number of carbonyl (C=O) groups excluding carboxylic acids is 1. The molecule has 3 rings (SSSR count). The van der Waals surface area contributed by atoms with E-state index in [1.54, 1.807) is 0 Å². The van der Waals surface area contributed by atoms with Crippen LogP contribution in [0.4, 0.5) is 17.5 Å². The van der Waals surface area contributed by atoms with E-state index in [4.69, 9.17) is 17.3 Å². The molecule has 1 aromatic heterocycles. The Balaban J connectivity index is 2.03. The van der Waals surface area contributed by atoms with Crippen molar-refractivity contribution in [2.45, 2.75) is 45.6 Å². The van der Waals surface area contributed by atoms with Gasteiger partial charge in [-0.15, -0.1) is 0 Å². The standard InChI is InChI=1S/C19H24ClN5O/c1-12-10-18(24-19(21)22-12)25-9-5-3-4-6-17(25)15-11-14(23-13(2)26)7-8-16(15)20/h7-8,10-11,17H,3-6,9H2,1-2H3,(H,23,26)(H2,21,22,24)/t17-/m1/s1. The normalized spacial score (nSPS) is 17.7. The van der Waals surface area contributed by atoms with Crippen LogP contribution in [0.5, 0.6) is 0 Å². The molecule has 0 saturated carbocycles. The summed E-state index contributed by atoms with van der Waals surface area (Å²) in [4.78, 5) is 22.3.